The van der Waals surface area contributed by atoms with E-state index >= 15 is 0 Å². The molecule has 0 bridgehead atoms. The second kappa shape index (κ2) is 7.99. The van der Waals surface area contributed by atoms with Gasteiger partial charge in [-0.2, -0.15) is 0 Å². The molecule has 5 heteroatoms. The summed E-state index contributed by atoms with van der Waals surface area (Å²) in [7, 11) is 0. The SMILES string of the molecule is CCOc1ccc(C(=O)NC(C(=O)N2CCCC2)C(C)C)cc1. The highest BCUT2D eigenvalue weighted by Gasteiger charge is 2.30. The van der Waals surface area contributed by atoms with Crippen LogP contribution in [0.25, 0.3) is 0 Å². The fourth-order valence-corrected chi connectivity index (χ4v) is 2.74. The topological polar surface area (TPSA) is 58.6 Å². The van der Waals surface area contributed by atoms with Crippen molar-refractivity contribution in [3.05, 3.63) is 29.8 Å². The minimum atomic E-state index is -0.479. The van der Waals surface area contributed by atoms with E-state index in [1.165, 1.54) is 0 Å². The second-order valence-corrected chi connectivity index (χ2v) is 6.18. The Morgan fingerprint density at radius 3 is 2.30 bits per heavy atom. The largest absolute Gasteiger partial charge is 0.494 e. The van der Waals surface area contributed by atoms with Crippen LogP contribution in [0.3, 0.4) is 0 Å². The van der Waals surface area contributed by atoms with Crippen LogP contribution in [-0.4, -0.2) is 42.5 Å². The number of rotatable bonds is 6. The molecule has 1 aliphatic rings. The van der Waals surface area contributed by atoms with Crippen molar-refractivity contribution in [2.24, 2.45) is 5.92 Å². The molecule has 0 radical (unpaired) electrons. The Morgan fingerprint density at radius 1 is 1.17 bits per heavy atom. The number of benzene rings is 1. The van der Waals surface area contributed by atoms with Crippen LogP contribution in [0.15, 0.2) is 24.3 Å². The molecule has 1 aromatic carbocycles. The predicted molar refractivity (Wildman–Crippen MR) is 89.5 cm³/mol. The zero-order valence-corrected chi connectivity index (χ0v) is 14.2. The molecule has 1 fully saturated rings. The number of hydrogen-bond acceptors (Lipinski definition) is 3. The lowest BCUT2D eigenvalue weighted by atomic mass is 10.0. The monoisotopic (exact) mass is 318 g/mol. The van der Waals surface area contributed by atoms with E-state index in [9.17, 15) is 9.59 Å². The number of carbonyl (C=O) groups is 2. The first kappa shape index (κ1) is 17.3. The molecule has 1 aromatic rings. The molecule has 1 unspecified atom stereocenters. The van der Waals surface area contributed by atoms with Gasteiger partial charge in [-0.05, 0) is 49.9 Å². The van der Waals surface area contributed by atoms with Crippen molar-refractivity contribution < 1.29 is 14.3 Å². The summed E-state index contributed by atoms with van der Waals surface area (Å²) in [5.74, 6) is 0.587. The summed E-state index contributed by atoms with van der Waals surface area (Å²) in [5.41, 5.74) is 0.535. The van der Waals surface area contributed by atoms with Crippen molar-refractivity contribution in [2.45, 2.75) is 39.7 Å². The van der Waals surface area contributed by atoms with Crippen LogP contribution in [0.5, 0.6) is 5.75 Å². The van der Waals surface area contributed by atoms with E-state index < -0.39 is 6.04 Å². The Hall–Kier alpha value is -2.04. The van der Waals surface area contributed by atoms with Crippen LogP contribution < -0.4 is 10.1 Å². The zero-order chi connectivity index (χ0) is 16.8. The van der Waals surface area contributed by atoms with Crippen molar-refractivity contribution >= 4 is 11.8 Å². The Balaban J connectivity index is 2.03. The number of nitrogens with one attached hydrogen (secondary N) is 1. The second-order valence-electron chi connectivity index (χ2n) is 6.18. The molecule has 1 N–H and O–H groups in total. The third-order valence-electron chi connectivity index (χ3n) is 4.06. The highest BCUT2D eigenvalue weighted by atomic mass is 16.5. The maximum Gasteiger partial charge on any atom is 0.251 e. The van der Waals surface area contributed by atoms with E-state index in [2.05, 4.69) is 5.32 Å². The van der Waals surface area contributed by atoms with Crippen LogP contribution >= 0.6 is 0 Å². The van der Waals surface area contributed by atoms with Gasteiger partial charge in [0.25, 0.3) is 5.91 Å². The van der Waals surface area contributed by atoms with Gasteiger partial charge in [0.15, 0.2) is 0 Å². The molecule has 5 nitrogen and oxygen atoms in total. The molecule has 1 atom stereocenters. The molecule has 126 valence electrons. The molecular formula is C18H26N2O3. The standard InChI is InChI=1S/C18H26N2O3/c1-4-23-15-9-7-14(8-10-15)17(21)19-16(13(2)3)18(22)20-11-5-6-12-20/h7-10,13,16H,4-6,11-12H2,1-3H3,(H,19,21). The van der Waals surface area contributed by atoms with Gasteiger partial charge in [-0.15, -0.1) is 0 Å². The molecule has 2 rings (SSSR count). The summed E-state index contributed by atoms with van der Waals surface area (Å²) in [6.45, 7) is 8.00. The van der Waals surface area contributed by atoms with Gasteiger partial charge in [0.2, 0.25) is 5.91 Å². The molecule has 0 aromatic heterocycles. The highest BCUT2D eigenvalue weighted by molar-refractivity contribution is 5.97. The Bertz CT molecular complexity index is 534. The van der Waals surface area contributed by atoms with Crippen LogP contribution in [0.1, 0.15) is 44.0 Å². The van der Waals surface area contributed by atoms with Crippen LogP contribution in [0, 0.1) is 5.92 Å². The van der Waals surface area contributed by atoms with Gasteiger partial charge in [-0.25, -0.2) is 0 Å². The van der Waals surface area contributed by atoms with Crippen LogP contribution in [0.4, 0.5) is 0 Å². The first-order chi connectivity index (χ1) is 11.0. The summed E-state index contributed by atoms with van der Waals surface area (Å²) in [4.78, 5) is 26.9. The first-order valence-electron chi connectivity index (χ1n) is 8.35. The van der Waals surface area contributed by atoms with Crippen LogP contribution in [0.2, 0.25) is 0 Å². The fourth-order valence-electron chi connectivity index (χ4n) is 2.74. The number of likely N-dealkylation sites (tertiary alicyclic amines) is 1. The minimum Gasteiger partial charge on any atom is -0.494 e. The first-order valence-corrected chi connectivity index (χ1v) is 8.35. The van der Waals surface area contributed by atoms with Gasteiger partial charge >= 0.3 is 0 Å². The molecule has 0 aliphatic carbocycles. The van der Waals surface area contributed by atoms with Gasteiger partial charge < -0.3 is 15.0 Å². The van der Waals surface area contributed by atoms with Crippen LogP contribution in [-0.2, 0) is 4.79 Å². The van der Waals surface area contributed by atoms with Gasteiger partial charge in [-0.1, -0.05) is 13.8 Å². The molecule has 23 heavy (non-hydrogen) atoms. The Labute approximate surface area is 138 Å². The molecule has 0 saturated carbocycles. The van der Waals surface area contributed by atoms with Crippen molar-refractivity contribution in [2.75, 3.05) is 19.7 Å². The summed E-state index contributed by atoms with van der Waals surface area (Å²) < 4.78 is 5.37. The number of amides is 2. The van der Waals surface area contributed by atoms with Gasteiger partial charge in [0, 0.05) is 18.7 Å². The zero-order valence-electron chi connectivity index (χ0n) is 14.2. The molecule has 1 saturated heterocycles. The lowest BCUT2D eigenvalue weighted by molar-refractivity contribution is -0.133. The normalized spacial score (nSPS) is 15.6. The third-order valence-corrected chi connectivity index (χ3v) is 4.06. The third kappa shape index (κ3) is 4.47. The van der Waals surface area contributed by atoms with Crippen molar-refractivity contribution in [3.8, 4) is 5.75 Å². The quantitative estimate of drug-likeness (QED) is 0.876. The lowest BCUT2D eigenvalue weighted by Gasteiger charge is -2.26. The van der Waals surface area contributed by atoms with E-state index in [4.69, 9.17) is 4.74 Å². The molecule has 1 aliphatic heterocycles. The van der Waals surface area contributed by atoms with Gasteiger partial charge in [0.05, 0.1) is 6.61 Å². The number of nitrogens with zero attached hydrogens (tertiary/aromatic N) is 1. The summed E-state index contributed by atoms with van der Waals surface area (Å²) >= 11 is 0. The Kier molecular flexibility index (Phi) is 6.02. The van der Waals surface area contributed by atoms with E-state index in [-0.39, 0.29) is 17.7 Å². The predicted octanol–water partition coefficient (Wildman–Crippen LogP) is 2.46. The number of carbonyl (C=O) groups excluding carboxylic acids is 2. The average Bonchev–Trinajstić information content (AvgIpc) is 3.07. The smallest absolute Gasteiger partial charge is 0.251 e. The number of hydrogen-bond donors (Lipinski definition) is 1. The van der Waals surface area contributed by atoms with E-state index in [1.807, 2.05) is 25.7 Å². The van der Waals surface area contributed by atoms with E-state index in [0.29, 0.717) is 12.2 Å². The highest BCUT2D eigenvalue weighted by Crippen LogP contribution is 2.15. The molecule has 0 spiro atoms. The molecule has 2 amide bonds. The molecule has 1 heterocycles. The molecular weight excluding hydrogens is 292 g/mol. The van der Waals surface area contributed by atoms with Crippen molar-refractivity contribution in [3.63, 3.8) is 0 Å². The summed E-state index contributed by atoms with van der Waals surface area (Å²) in [6, 6.07) is 6.50. The van der Waals surface area contributed by atoms with Gasteiger partial charge in [-0.3, -0.25) is 9.59 Å². The average molecular weight is 318 g/mol. The van der Waals surface area contributed by atoms with E-state index in [0.717, 1.165) is 31.7 Å². The summed E-state index contributed by atoms with van der Waals surface area (Å²) in [6.07, 6.45) is 2.09. The minimum absolute atomic E-state index is 0.0248. The Morgan fingerprint density at radius 2 is 1.78 bits per heavy atom. The van der Waals surface area contributed by atoms with E-state index in [1.54, 1.807) is 24.3 Å². The van der Waals surface area contributed by atoms with Crippen molar-refractivity contribution in [1.82, 2.24) is 10.2 Å². The maximum atomic E-state index is 12.6. The van der Waals surface area contributed by atoms with Crippen molar-refractivity contribution in [1.29, 1.82) is 0 Å². The van der Waals surface area contributed by atoms with Gasteiger partial charge in [0.1, 0.15) is 11.8 Å². The summed E-state index contributed by atoms with van der Waals surface area (Å²) in [5, 5.41) is 2.89. The maximum absolute atomic E-state index is 12.6. The number of ether oxygens (including phenoxy) is 1. The lowest BCUT2D eigenvalue weighted by Crippen LogP contribution is -2.50. The fraction of sp³-hybridized carbons (Fsp3) is 0.556.